The first-order chi connectivity index (χ1) is 9.63. The van der Waals surface area contributed by atoms with Gasteiger partial charge in [0.25, 0.3) is 0 Å². The van der Waals surface area contributed by atoms with Crippen molar-refractivity contribution in [2.24, 2.45) is 5.92 Å². The van der Waals surface area contributed by atoms with Gasteiger partial charge in [0.2, 0.25) is 5.95 Å². The predicted molar refractivity (Wildman–Crippen MR) is 81.3 cm³/mol. The van der Waals surface area contributed by atoms with Crippen molar-refractivity contribution in [1.29, 1.82) is 0 Å². The maximum Gasteiger partial charge on any atom is 0.222 e. The van der Waals surface area contributed by atoms with Crippen LogP contribution in [0.5, 0.6) is 0 Å². The average Bonchev–Trinajstić information content (AvgIpc) is 2.42. The summed E-state index contributed by atoms with van der Waals surface area (Å²) in [6.07, 6.45) is 4.13. The number of nitrogen functional groups attached to an aromatic ring is 2. The van der Waals surface area contributed by atoms with Crippen molar-refractivity contribution >= 4 is 11.8 Å². The van der Waals surface area contributed by atoms with Crippen molar-refractivity contribution < 1.29 is 0 Å². The van der Waals surface area contributed by atoms with Crippen molar-refractivity contribution in [3.63, 3.8) is 0 Å². The van der Waals surface area contributed by atoms with Gasteiger partial charge in [0.1, 0.15) is 5.82 Å². The van der Waals surface area contributed by atoms with E-state index in [-0.39, 0.29) is 0 Å². The Kier molecular flexibility index (Phi) is 3.30. The second kappa shape index (κ2) is 5.12. The van der Waals surface area contributed by atoms with Crippen LogP contribution in [0.2, 0.25) is 0 Å². The van der Waals surface area contributed by atoms with E-state index in [1.807, 2.05) is 0 Å². The summed E-state index contributed by atoms with van der Waals surface area (Å²) in [4.78, 5) is 8.41. The SMILES string of the molecule is Cc1ccccc1C[C@@H]1CCc2nc(N)nc(N)c2C1. The topological polar surface area (TPSA) is 77.8 Å². The number of aromatic nitrogens is 2. The van der Waals surface area contributed by atoms with Crippen LogP contribution in [0, 0.1) is 12.8 Å². The molecule has 1 heterocycles. The lowest BCUT2D eigenvalue weighted by molar-refractivity contribution is 0.450. The first kappa shape index (κ1) is 12.9. The molecule has 0 spiro atoms. The fraction of sp³-hybridized carbons (Fsp3) is 0.375. The van der Waals surface area contributed by atoms with E-state index in [1.54, 1.807) is 0 Å². The first-order valence-electron chi connectivity index (χ1n) is 7.08. The molecule has 0 amide bonds. The minimum Gasteiger partial charge on any atom is -0.383 e. The highest BCUT2D eigenvalue weighted by Gasteiger charge is 2.23. The lowest BCUT2D eigenvalue weighted by Crippen LogP contribution is -2.21. The number of nitrogens with zero attached hydrogens (tertiary/aromatic N) is 2. The van der Waals surface area contributed by atoms with E-state index < -0.39 is 0 Å². The van der Waals surface area contributed by atoms with E-state index in [1.165, 1.54) is 11.1 Å². The third kappa shape index (κ3) is 2.46. The summed E-state index contributed by atoms with van der Waals surface area (Å²) >= 11 is 0. The van der Waals surface area contributed by atoms with Gasteiger partial charge >= 0.3 is 0 Å². The summed E-state index contributed by atoms with van der Waals surface area (Å²) in [5.41, 5.74) is 16.6. The maximum atomic E-state index is 6.00. The largest absolute Gasteiger partial charge is 0.383 e. The smallest absolute Gasteiger partial charge is 0.222 e. The molecule has 4 N–H and O–H groups in total. The Bertz CT molecular complexity index is 636. The second-order valence-electron chi connectivity index (χ2n) is 5.63. The van der Waals surface area contributed by atoms with Gasteiger partial charge in [-0.25, -0.2) is 4.98 Å². The molecule has 0 saturated carbocycles. The van der Waals surface area contributed by atoms with Crippen LogP contribution in [0.3, 0.4) is 0 Å². The Labute approximate surface area is 119 Å². The van der Waals surface area contributed by atoms with Gasteiger partial charge in [-0.3, -0.25) is 0 Å². The van der Waals surface area contributed by atoms with Gasteiger partial charge in [-0.1, -0.05) is 24.3 Å². The summed E-state index contributed by atoms with van der Waals surface area (Å²) in [5.74, 6) is 1.46. The van der Waals surface area contributed by atoms with E-state index in [2.05, 4.69) is 41.2 Å². The van der Waals surface area contributed by atoms with Crippen LogP contribution in [0.25, 0.3) is 0 Å². The number of aryl methyl sites for hydroxylation is 2. The average molecular weight is 268 g/mol. The molecule has 20 heavy (non-hydrogen) atoms. The number of anilines is 2. The fourth-order valence-corrected chi connectivity index (χ4v) is 3.05. The van der Waals surface area contributed by atoms with E-state index in [4.69, 9.17) is 11.5 Å². The zero-order valence-corrected chi connectivity index (χ0v) is 11.8. The van der Waals surface area contributed by atoms with Crippen LogP contribution in [-0.4, -0.2) is 9.97 Å². The van der Waals surface area contributed by atoms with Crippen molar-refractivity contribution in [3.05, 3.63) is 46.6 Å². The number of hydrogen-bond donors (Lipinski definition) is 2. The lowest BCUT2D eigenvalue weighted by Gasteiger charge is -2.25. The van der Waals surface area contributed by atoms with Gasteiger partial charge in [0, 0.05) is 5.56 Å². The highest BCUT2D eigenvalue weighted by Crippen LogP contribution is 2.30. The molecule has 1 aliphatic rings. The standard InChI is InChI=1S/C16H20N4/c1-10-4-2-3-5-12(10)8-11-6-7-14-13(9-11)15(17)20-16(18)19-14/h2-5,11H,6-9H2,1H3,(H4,17,18,19,20)/t11-/m0/s1. The first-order valence-corrected chi connectivity index (χ1v) is 7.08. The highest BCUT2D eigenvalue weighted by atomic mass is 15.0. The highest BCUT2D eigenvalue weighted by molar-refractivity contribution is 5.47. The molecular formula is C16H20N4. The van der Waals surface area contributed by atoms with Gasteiger partial charge in [0.15, 0.2) is 0 Å². The van der Waals surface area contributed by atoms with Crippen LogP contribution in [-0.2, 0) is 19.3 Å². The molecule has 2 aromatic rings. The Hall–Kier alpha value is -2.10. The fourth-order valence-electron chi connectivity index (χ4n) is 3.05. The zero-order chi connectivity index (χ0) is 14.1. The quantitative estimate of drug-likeness (QED) is 0.876. The van der Waals surface area contributed by atoms with E-state index in [0.29, 0.717) is 17.7 Å². The number of fused-ring (bicyclic) bond motifs is 1. The summed E-state index contributed by atoms with van der Waals surface area (Å²) in [6.45, 7) is 2.17. The number of rotatable bonds is 2. The molecule has 3 rings (SSSR count). The van der Waals surface area contributed by atoms with E-state index in [9.17, 15) is 0 Å². The molecule has 4 heteroatoms. The Morgan fingerprint density at radius 3 is 2.80 bits per heavy atom. The summed E-state index contributed by atoms with van der Waals surface area (Å²) in [5, 5.41) is 0. The van der Waals surface area contributed by atoms with E-state index in [0.717, 1.165) is 36.9 Å². The van der Waals surface area contributed by atoms with Crippen molar-refractivity contribution in [1.82, 2.24) is 9.97 Å². The Balaban J connectivity index is 1.81. The number of benzene rings is 1. The molecule has 4 nitrogen and oxygen atoms in total. The number of nitrogens with two attached hydrogens (primary N) is 2. The molecule has 0 saturated heterocycles. The summed E-state index contributed by atoms with van der Waals surface area (Å²) < 4.78 is 0. The monoisotopic (exact) mass is 268 g/mol. The van der Waals surface area contributed by atoms with Gasteiger partial charge in [-0.05, 0) is 49.7 Å². The number of hydrogen-bond acceptors (Lipinski definition) is 4. The molecule has 0 radical (unpaired) electrons. The predicted octanol–water partition coefficient (Wildman–Crippen LogP) is 2.30. The van der Waals surface area contributed by atoms with Gasteiger partial charge in [0.05, 0.1) is 5.69 Å². The zero-order valence-electron chi connectivity index (χ0n) is 11.8. The van der Waals surface area contributed by atoms with Crippen LogP contribution in [0.15, 0.2) is 24.3 Å². The molecule has 0 unspecified atom stereocenters. The molecule has 0 aliphatic heterocycles. The third-order valence-electron chi connectivity index (χ3n) is 4.19. The molecule has 104 valence electrons. The van der Waals surface area contributed by atoms with Gasteiger partial charge < -0.3 is 11.5 Å². The summed E-state index contributed by atoms with van der Waals surface area (Å²) in [6, 6.07) is 8.58. The van der Waals surface area contributed by atoms with Gasteiger partial charge in [-0.2, -0.15) is 4.98 Å². The molecule has 1 aromatic carbocycles. The Morgan fingerprint density at radius 2 is 2.00 bits per heavy atom. The molecule has 0 bridgehead atoms. The van der Waals surface area contributed by atoms with Crippen molar-refractivity contribution in [2.75, 3.05) is 11.5 Å². The molecule has 1 aromatic heterocycles. The maximum absolute atomic E-state index is 6.00. The normalized spacial score (nSPS) is 17.8. The molecule has 1 atom stereocenters. The Morgan fingerprint density at radius 1 is 1.20 bits per heavy atom. The third-order valence-corrected chi connectivity index (χ3v) is 4.19. The van der Waals surface area contributed by atoms with Crippen molar-refractivity contribution in [3.8, 4) is 0 Å². The van der Waals surface area contributed by atoms with E-state index >= 15 is 0 Å². The molecule has 1 aliphatic carbocycles. The minimum absolute atomic E-state index is 0.290. The molecule has 0 fully saturated rings. The van der Waals surface area contributed by atoms with Crippen LogP contribution < -0.4 is 11.5 Å². The van der Waals surface area contributed by atoms with Gasteiger partial charge in [-0.15, -0.1) is 0 Å². The van der Waals surface area contributed by atoms with Crippen LogP contribution >= 0.6 is 0 Å². The van der Waals surface area contributed by atoms with Crippen LogP contribution in [0.4, 0.5) is 11.8 Å². The van der Waals surface area contributed by atoms with Crippen LogP contribution in [0.1, 0.15) is 28.8 Å². The molecular weight excluding hydrogens is 248 g/mol. The van der Waals surface area contributed by atoms with Crippen molar-refractivity contribution in [2.45, 2.75) is 32.6 Å². The lowest BCUT2D eigenvalue weighted by atomic mass is 9.82. The second-order valence-corrected chi connectivity index (χ2v) is 5.63. The minimum atomic E-state index is 0.290. The summed E-state index contributed by atoms with van der Waals surface area (Å²) in [7, 11) is 0.